The van der Waals surface area contributed by atoms with Crippen LogP contribution >= 0.6 is 11.3 Å². The zero-order chi connectivity index (χ0) is 27.9. The largest absolute Gasteiger partial charge is 0.461 e. The Hall–Kier alpha value is -3.86. The minimum Gasteiger partial charge on any atom is -0.461 e. The third kappa shape index (κ3) is 8.62. The summed E-state index contributed by atoms with van der Waals surface area (Å²) >= 11 is 1.19. The van der Waals surface area contributed by atoms with Gasteiger partial charge in [-0.15, -0.1) is 11.3 Å². The van der Waals surface area contributed by atoms with Crippen molar-refractivity contribution in [3.63, 3.8) is 0 Å². The van der Waals surface area contributed by atoms with Gasteiger partial charge in [0, 0.05) is 4.88 Å². The summed E-state index contributed by atoms with van der Waals surface area (Å²) in [5.74, 6) is -1.15. The summed E-state index contributed by atoms with van der Waals surface area (Å²) in [6.07, 6.45) is 6.76. The van der Waals surface area contributed by atoms with Crippen LogP contribution in [0.1, 0.15) is 68.8 Å². The van der Waals surface area contributed by atoms with Crippen LogP contribution in [0, 0.1) is 0 Å². The maximum Gasteiger partial charge on any atom is 0.408 e. The Morgan fingerprint density at radius 2 is 1.76 bits per heavy atom. The van der Waals surface area contributed by atoms with Crippen LogP contribution in [0.5, 0.6) is 0 Å². The van der Waals surface area contributed by atoms with Crippen molar-refractivity contribution >= 4 is 46.4 Å². The van der Waals surface area contributed by atoms with Gasteiger partial charge < -0.3 is 26.3 Å². The fourth-order valence-corrected chi connectivity index (χ4v) is 5.01. The second-order valence-electron chi connectivity index (χ2n) is 10.0. The molecule has 0 aliphatic heterocycles. The molecule has 1 aliphatic carbocycles. The van der Waals surface area contributed by atoms with Gasteiger partial charge in [-0.25, -0.2) is 14.4 Å². The van der Waals surface area contributed by atoms with Crippen molar-refractivity contribution < 1.29 is 28.7 Å². The normalized spacial score (nSPS) is 14.7. The summed E-state index contributed by atoms with van der Waals surface area (Å²) in [5.41, 5.74) is 11.8. The molecule has 1 atom stereocenters. The van der Waals surface area contributed by atoms with Crippen LogP contribution in [0.2, 0.25) is 0 Å². The molecule has 204 valence electrons. The van der Waals surface area contributed by atoms with Crippen LogP contribution in [0.3, 0.4) is 0 Å². The number of urea groups is 1. The Morgan fingerprint density at radius 3 is 2.34 bits per heavy atom. The number of esters is 1. The highest BCUT2D eigenvalue weighted by Gasteiger charge is 2.28. The van der Waals surface area contributed by atoms with E-state index in [1.165, 1.54) is 11.3 Å². The lowest BCUT2D eigenvalue weighted by Crippen LogP contribution is -2.44. The van der Waals surface area contributed by atoms with E-state index in [4.69, 9.17) is 20.9 Å². The molecule has 1 aromatic heterocycles. The van der Waals surface area contributed by atoms with Crippen molar-refractivity contribution in [2.75, 3.05) is 5.32 Å². The topological polar surface area (TPSA) is 163 Å². The maximum absolute atomic E-state index is 12.8. The lowest BCUT2D eigenvalue weighted by Gasteiger charge is -2.23. The summed E-state index contributed by atoms with van der Waals surface area (Å²) in [4.78, 5) is 48.8. The number of benzene rings is 1. The molecule has 38 heavy (non-hydrogen) atoms. The fourth-order valence-electron chi connectivity index (χ4n) is 3.94. The third-order valence-corrected chi connectivity index (χ3v) is 6.77. The van der Waals surface area contributed by atoms with E-state index >= 15 is 0 Å². The molecule has 0 radical (unpaired) electrons. The van der Waals surface area contributed by atoms with Crippen molar-refractivity contribution in [2.24, 2.45) is 11.5 Å². The van der Waals surface area contributed by atoms with E-state index in [1.54, 1.807) is 32.9 Å². The van der Waals surface area contributed by atoms with Crippen molar-refractivity contribution in [3.05, 3.63) is 47.5 Å². The number of hydrogen-bond donors (Lipinski definition) is 4. The first-order valence-corrected chi connectivity index (χ1v) is 13.2. The van der Waals surface area contributed by atoms with Gasteiger partial charge in [-0.1, -0.05) is 36.4 Å². The fraction of sp³-hybridized carbons (Fsp3) is 0.407. The van der Waals surface area contributed by atoms with Crippen LogP contribution in [0.25, 0.3) is 16.5 Å². The third-order valence-electron chi connectivity index (χ3n) is 5.67. The van der Waals surface area contributed by atoms with E-state index in [9.17, 15) is 19.2 Å². The van der Waals surface area contributed by atoms with Crippen molar-refractivity contribution in [2.45, 2.75) is 70.6 Å². The quantitative estimate of drug-likeness (QED) is 0.333. The average molecular weight is 543 g/mol. The zero-order valence-corrected chi connectivity index (χ0v) is 22.6. The lowest BCUT2D eigenvalue weighted by molar-refractivity contribution is -0.151. The van der Waals surface area contributed by atoms with E-state index in [-0.39, 0.29) is 23.1 Å². The van der Waals surface area contributed by atoms with Gasteiger partial charge in [0.1, 0.15) is 22.7 Å². The van der Waals surface area contributed by atoms with Gasteiger partial charge in [0.25, 0.3) is 5.91 Å². The van der Waals surface area contributed by atoms with E-state index in [1.807, 2.05) is 30.3 Å². The number of nitrogens with one attached hydrogen (secondary N) is 2. The first-order valence-electron chi connectivity index (χ1n) is 12.4. The van der Waals surface area contributed by atoms with Gasteiger partial charge in [-0.3, -0.25) is 10.1 Å². The highest BCUT2D eigenvalue weighted by atomic mass is 32.1. The Labute approximate surface area is 225 Å². The number of primary amides is 2. The summed E-state index contributed by atoms with van der Waals surface area (Å²) in [6.45, 7) is 5.26. The van der Waals surface area contributed by atoms with Gasteiger partial charge in [0.05, 0.1) is 5.56 Å². The summed E-state index contributed by atoms with van der Waals surface area (Å²) < 4.78 is 10.9. The smallest absolute Gasteiger partial charge is 0.408 e. The van der Waals surface area contributed by atoms with Crippen LogP contribution in [-0.2, 0) is 14.3 Å². The second-order valence-corrected chi connectivity index (χ2v) is 11.1. The molecule has 0 unspecified atom stereocenters. The molecule has 0 bridgehead atoms. The van der Waals surface area contributed by atoms with Crippen molar-refractivity contribution in [1.82, 2.24) is 5.32 Å². The standard InChI is InChI=1S/C27H34N4O6S/c1-27(2,3)37-26(35)30-20(24(33)36-18-8-4-5-9-18)10-6-7-16-11-13-17(14-12-16)21-15-19(22(28)32)23(38-21)31-25(29)34/h6-7,11-15,18,20H,4-5,8-10H2,1-3H3,(H2,28,32)(H,30,35)(H3,29,31,34)/t20-/m0/s1. The van der Waals surface area contributed by atoms with Crippen LogP contribution in [0.15, 0.2) is 36.4 Å². The van der Waals surface area contributed by atoms with Gasteiger partial charge >= 0.3 is 18.1 Å². The maximum atomic E-state index is 12.8. The molecule has 1 saturated carbocycles. The molecule has 11 heteroatoms. The number of rotatable bonds is 9. The van der Waals surface area contributed by atoms with Crippen molar-refractivity contribution in [1.29, 1.82) is 0 Å². The van der Waals surface area contributed by atoms with Gasteiger partial charge in [-0.05, 0) is 70.1 Å². The number of anilines is 1. The van der Waals surface area contributed by atoms with Crippen LogP contribution in [0.4, 0.5) is 14.6 Å². The minimum atomic E-state index is -0.879. The van der Waals surface area contributed by atoms with E-state index in [2.05, 4.69) is 10.6 Å². The first-order chi connectivity index (χ1) is 17.9. The Bertz CT molecular complexity index is 1190. The molecule has 0 spiro atoms. The van der Waals surface area contributed by atoms with Gasteiger partial charge in [-0.2, -0.15) is 0 Å². The molecule has 4 amide bonds. The predicted molar refractivity (Wildman–Crippen MR) is 147 cm³/mol. The number of ether oxygens (including phenoxy) is 2. The van der Waals surface area contributed by atoms with Crippen LogP contribution < -0.4 is 22.1 Å². The van der Waals surface area contributed by atoms with Gasteiger partial charge in [0.2, 0.25) is 0 Å². The van der Waals surface area contributed by atoms with E-state index in [0.29, 0.717) is 0 Å². The molecule has 1 fully saturated rings. The zero-order valence-electron chi connectivity index (χ0n) is 21.7. The summed E-state index contributed by atoms with van der Waals surface area (Å²) in [6, 6.07) is 7.38. The second kappa shape index (κ2) is 12.6. The molecular weight excluding hydrogens is 508 g/mol. The molecular formula is C27H34N4O6S. The Kier molecular flexibility index (Phi) is 9.51. The molecule has 1 heterocycles. The van der Waals surface area contributed by atoms with E-state index in [0.717, 1.165) is 41.7 Å². The molecule has 1 aliphatic rings. The van der Waals surface area contributed by atoms with Crippen LogP contribution in [-0.4, -0.2) is 41.7 Å². The number of thiophene rings is 1. The minimum absolute atomic E-state index is 0.118. The van der Waals surface area contributed by atoms with Gasteiger partial charge in [0.15, 0.2) is 0 Å². The number of hydrogen-bond acceptors (Lipinski definition) is 7. The molecule has 0 saturated heterocycles. The SMILES string of the molecule is CC(C)(C)OC(=O)N[C@@H](CC=Cc1ccc(-c2cc(C(N)=O)c(NC(N)=O)s2)cc1)C(=O)OC1CCCC1. The number of carbonyl (C=O) groups excluding carboxylic acids is 4. The predicted octanol–water partition coefficient (Wildman–Crippen LogP) is 4.79. The summed E-state index contributed by atoms with van der Waals surface area (Å²) in [7, 11) is 0. The highest BCUT2D eigenvalue weighted by Crippen LogP contribution is 2.35. The highest BCUT2D eigenvalue weighted by molar-refractivity contribution is 7.20. The number of nitrogens with two attached hydrogens (primary N) is 2. The lowest BCUT2D eigenvalue weighted by atomic mass is 10.1. The number of amides is 4. The average Bonchev–Trinajstić information content (AvgIpc) is 3.47. The molecule has 6 N–H and O–H groups in total. The van der Waals surface area contributed by atoms with Crippen molar-refractivity contribution in [3.8, 4) is 10.4 Å². The molecule has 1 aromatic carbocycles. The molecule has 2 aromatic rings. The number of alkyl carbamates (subject to hydrolysis) is 1. The summed E-state index contributed by atoms with van der Waals surface area (Å²) in [5, 5.41) is 5.34. The molecule has 3 rings (SSSR count). The number of carbonyl (C=O) groups is 4. The monoisotopic (exact) mass is 542 g/mol. The molecule has 10 nitrogen and oxygen atoms in total. The Morgan fingerprint density at radius 1 is 1.11 bits per heavy atom. The Balaban J connectivity index is 1.68. The first kappa shape index (κ1) is 28.7. The van der Waals surface area contributed by atoms with E-state index < -0.39 is 35.6 Å².